The molecule has 0 fully saturated rings. The van der Waals surface area contributed by atoms with E-state index in [1.54, 1.807) is 18.2 Å². The van der Waals surface area contributed by atoms with Crippen molar-refractivity contribution in [3.63, 3.8) is 0 Å². The molecule has 0 saturated heterocycles. The molecule has 0 saturated carbocycles. The van der Waals surface area contributed by atoms with Crippen molar-refractivity contribution in [3.05, 3.63) is 70.3 Å². The molecular weight excluding hydrogens is 390 g/mol. The molecule has 140 valence electrons. The summed E-state index contributed by atoms with van der Waals surface area (Å²) in [7, 11) is 0. The number of carbonyl (C=O) groups excluding carboxylic acids is 1. The average molecular weight is 400 g/mol. The lowest BCUT2D eigenvalue weighted by molar-refractivity contribution is -0.159. The molecule has 0 atom stereocenters. The minimum atomic E-state index is -4.81. The van der Waals surface area contributed by atoms with E-state index in [1.807, 2.05) is 0 Å². The maximum Gasteiger partial charge on any atom is 0.471 e. The SMILES string of the molecule is O=C(NCc1ccc(-c2noc(C(F)(F)F)n2)c(F)c1)c1ccccc1Cl. The number of hydrogen-bond acceptors (Lipinski definition) is 4. The number of carbonyl (C=O) groups is 1. The Bertz CT molecular complexity index is 988. The van der Waals surface area contributed by atoms with Gasteiger partial charge in [-0.1, -0.05) is 35.0 Å². The second kappa shape index (κ2) is 7.36. The molecule has 1 amide bonds. The van der Waals surface area contributed by atoms with Gasteiger partial charge in [0.05, 0.1) is 16.1 Å². The van der Waals surface area contributed by atoms with E-state index in [0.29, 0.717) is 5.56 Å². The van der Waals surface area contributed by atoms with E-state index in [0.717, 1.165) is 6.07 Å². The van der Waals surface area contributed by atoms with Crippen molar-refractivity contribution in [1.82, 2.24) is 15.5 Å². The first-order chi connectivity index (χ1) is 12.8. The number of aromatic nitrogens is 2. The predicted octanol–water partition coefficient (Wildman–Crippen LogP) is 4.48. The van der Waals surface area contributed by atoms with Crippen molar-refractivity contribution in [2.75, 3.05) is 0 Å². The third-order valence-corrected chi connectivity index (χ3v) is 3.84. The summed E-state index contributed by atoms with van der Waals surface area (Å²) in [4.78, 5) is 15.2. The molecule has 3 aromatic rings. The fourth-order valence-electron chi connectivity index (χ4n) is 2.22. The van der Waals surface area contributed by atoms with Gasteiger partial charge >= 0.3 is 12.1 Å². The highest BCUT2D eigenvalue weighted by Crippen LogP contribution is 2.30. The van der Waals surface area contributed by atoms with E-state index in [4.69, 9.17) is 11.6 Å². The number of hydrogen-bond donors (Lipinski definition) is 1. The summed E-state index contributed by atoms with van der Waals surface area (Å²) in [6, 6.07) is 10.1. The van der Waals surface area contributed by atoms with Crippen LogP contribution < -0.4 is 5.32 Å². The molecule has 0 radical (unpaired) electrons. The van der Waals surface area contributed by atoms with Crippen LogP contribution in [0, 0.1) is 5.82 Å². The smallest absolute Gasteiger partial charge is 0.348 e. The van der Waals surface area contributed by atoms with Gasteiger partial charge in [-0.25, -0.2) is 4.39 Å². The zero-order valence-corrected chi connectivity index (χ0v) is 14.1. The van der Waals surface area contributed by atoms with Gasteiger partial charge in [-0.05, 0) is 29.8 Å². The van der Waals surface area contributed by atoms with Gasteiger partial charge in [0.1, 0.15) is 5.82 Å². The first-order valence-electron chi connectivity index (χ1n) is 7.48. The molecule has 1 heterocycles. The fraction of sp³-hybridized carbons (Fsp3) is 0.118. The predicted molar refractivity (Wildman–Crippen MR) is 87.3 cm³/mol. The van der Waals surface area contributed by atoms with Crippen molar-refractivity contribution in [2.24, 2.45) is 0 Å². The molecule has 0 aliphatic rings. The third-order valence-electron chi connectivity index (χ3n) is 3.51. The number of amides is 1. The van der Waals surface area contributed by atoms with E-state index in [9.17, 15) is 22.4 Å². The van der Waals surface area contributed by atoms with E-state index in [2.05, 4.69) is 20.0 Å². The summed E-state index contributed by atoms with van der Waals surface area (Å²) < 4.78 is 55.8. The second-order valence-electron chi connectivity index (χ2n) is 5.40. The summed E-state index contributed by atoms with van der Waals surface area (Å²) in [6.45, 7) is -0.0126. The molecule has 1 aromatic heterocycles. The zero-order chi connectivity index (χ0) is 19.6. The summed E-state index contributed by atoms with van der Waals surface area (Å²) >= 11 is 5.93. The van der Waals surface area contributed by atoms with E-state index < -0.39 is 29.6 Å². The first kappa shape index (κ1) is 18.8. The molecule has 0 aliphatic heterocycles. The molecule has 2 aromatic carbocycles. The normalized spacial score (nSPS) is 11.4. The number of alkyl halides is 3. The van der Waals surface area contributed by atoms with E-state index in [1.165, 1.54) is 18.2 Å². The van der Waals surface area contributed by atoms with Crippen LogP contribution in [0.4, 0.5) is 17.6 Å². The lowest BCUT2D eigenvalue weighted by atomic mass is 10.1. The standard InChI is InChI=1S/C17H10ClF4N3O2/c18-12-4-2-1-3-10(12)15(26)23-8-9-5-6-11(13(19)7-9)14-24-16(27-25-14)17(20,21)22/h1-7H,8H2,(H,23,26). The van der Waals surface area contributed by atoms with Gasteiger partial charge in [-0.2, -0.15) is 18.2 Å². The van der Waals surface area contributed by atoms with Crippen molar-refractivity contribution in [1.29, 1.82) is 0 Å². The van der Waals surface area contributed by atoms with Crippen LogP contribution in [0.5, 0.6) is 0 Å². The lowest BCUT2D eigenvalue weighted by Gasteiger charge is -2.08. The van der Waals surface area contributed by atoms with Gasteiger partial charge in [0, 0.05) is 6.54 Å². The van der Waals surface area contributed by atoms with E-state index >= 15 is 0 Å². The maximum atomic E-state index is 14.2. The summed E-state index contributed by atoms with van der Waals surface area (Å²) in [5.41, 5.74) is 0.398. The maximum absolute atomic E-state index is 14.2. The molecule has 10 heteroatoms. The van der Waals surface area contributed by atoms with Gasteiger partial charge in [0.25, 0.3) is 5.91 Å². The Morgan fingerprint density at radius 3 is 2.56 bits per heavy atom. The second-order valence-corrected chi connectivity index (χ2v) is 5.80. The highest BCUT2D eigenvalue weighted by molar-refractivity contribution is 6.33. The van der Waals surface area contributed by atoms with E-state index in [-0.39, 0.29) is 22.7 Å². The summed E-state index contributed by atoms with van der Waals surface area (Å²) in [5.74, 6) is -3.38. The molecule has 3 rings (SSSR count). The van der Waals surface area contributed by atoms with Gasteiger partial charge in [0.2, 0.25) is 5.82 Å². The topological polar surface area (TPSA) is 68.0 Å². The summed E-state index contributed by atoms with van der Waals surface area (Å²) in [5, 5.41) is 5.99. The monoisotopic (exact) mass is 399 g/mol. The molecule has 1 N–H and O–H groups in total. The van der Waals surface area contributed by atoms with Crippen molar-refractivity contribution < 1.29 is 26.9 Å². The van der Waals surface area contributed by atoms with Gasteiger partial charge in [-0.15, -0.1) is 0 Å². The Labute approximate surface area is 155 Å². The highest BCUT2D eigenvalue weighted by atomic mass is 35.5. The van der Waals surface area contributed by atoms with Crippen LogP contribution in [-0.4, -0.2) is 16.0 Å². The van der Waals surface area contributed by atoms with Gasteiger partial charge < -0.3 is 9.84 Å². The summed E-state index contributed by atoms with van der Waals surface area (Å²) in [6.07, 6.45) is -4.81. The molecule has 0 aliphatic carbocycles. The van der Waals surface area contributed by atoms with Crippen LogP contribution >= 0.6 is 11.6 Å². The largest absolute Gasteiger partial charge is 0.471 e. The molecule has 5 nitrogen and oxygen atoms in total. The molecule has 0 bridgehead atoms. The van der Waals surface area contributed by atoms with Crippen LogP contribution in [0.25, 0.3) is 11.4 Å². The lowest BCUT2D eigenvalue weighted by Crippen LogP contribution is -2.23. The highest BCUT2D eigenvalue weighted by Gasteiger charge is 2.38. The van der Waals surface area contributed by atoms with Gasteiger partial charge in [0.15, 0.2) is 0 Å². The Morgan fingerprint density at radius 1 is 1.19 bits per heavy atom. The molecular formula is C17H10ClF4N3O2. The average Bonchev–Trinajstić information content (AvgIpc) is 3.10. The van der Waals surface area contributed by atoms with Crippen LogP contribution in [0.3, 0.4) is 0 Å². The third kappa shape index (κ3) is 4.25. The van der Waals surface area contributed by atoms with Gasteiger partial charge in [-0.3, -0.25) is 4.79 Å². The van der Waals surface area contributed by atoms with Crippen LogP contribution in [0.2, 0.25) is 5.02 Å². The Morgan fingerprint density at radius 2 is 1.93 bits per heavy atom. The number of rotatable bonds is 4. The Kier molecular flexibility index (Phi) is 5.13. The van der Waals surface area contributed by atoms with Crippen molar-refractivity contribution in [3.8, 4) is 11.4 Å². The van der Waals surface area contributed by atoms with Crippen molar-refractivity contribution >= 4 is 17.5 Å². The number of benzene rings is 2. The fourth-order valence-corrected chi connectivity index (χ4v) is 2.44. The van der Waals surface area contributed by atoms with Crippen LogP contribution in [0.15, 0.2) is 47.0 Å². The molecule has 0 spiro atoms. The number of halogens is 5. The number of nitrogens with zero attached hydrogens (tertiary/aromatic N) is 2. The Hall–Kier alpha value is -2.94. The molecule has 0 unspecified atom stereocenters. The Balaban J connectivity index is 1.73. The van der Waals surface area contributed by atoms with Crippen molar-refractivity contribution in [2.45, 2.75) is 12.7 Å². The minimum Gasteiger partial charge on any atom is -0.348 e. The molecule has 27 heavy (non-hydrogen) atoms. The van der Waals surface area contributed by atoms with Crippen LogP contribution in [-0.2, 0) is 12.7 Å². The zero-order valence-electron chi connectivity index (χ0n) is 13.3. The minimum absolute atomic E-state index is 0.0126. The number of nitrogens with one attached hydrogen (secondary N) is 1. The first-order valence-corrected chi connectivity index (χ1v) is 7.86. The quantitative estimate of drug-likeness (QED) is 0.657. The van der Waals surface area contributed by atoms with Crippen LogP contribution in [0.1, 0.15) is 21.8 Å².